The van der Waals surface area contributed by atoms with Crippen molar-refractivity contribution in [3.8, 4) is 0 Å². The fourth-order valence-electron chi connectivity index (χ4n) is 2.60. The molecule has 0 radical (unpaired) electrons. The van der Waals surface area contributed by atoms with Gasteiger partial charge in [0.1, 0.15) is 5.01 Å². The molecule has 1 N–H and O–H groups in total. The summed E-state index contributed by atoms with van der Waals surface area (Å²) in [6.07, 6.45) is 3.28. The van der Waals surface area contributed by atoms with Crippen molar-refractivity contribution in [3.05, 3.63) is 5.01 Å². The van der Waals surface area contributed by atoms with Crippen LogP contribution in [0, 0.1) is 5.92 Å². The SMILES string of the molecule is CCCCc1nnc(NC(=O)[C@@H]2CC(=O)N([C@@H](C)COC)C2)s1. The highest BCUT2D eigenvalue weighted by atomic mass is 32.1. The molecule has 2 atom stereocenters. The first kappa shape index (κ1) is 17.8. The number of carbonyl (C=O) groups excluding carboxylic acids is 2. The van der Waals surface area contributed by atoms with Gasteiger partial charge in [-0.3, -0.25) is 9.59 Å². The minimum Gasteiger partial charge on any atom is -0.383 e. The van der Waals surface area contributed by atoms with E-state index in [4.69, 9.17) is 4.74 Å². The summed E-state index contributed by atoms with van der Waals surface area (Å²) in [6, 6.07) is -0.0209. The molecule has 1 aliphatic heterocycles. The number of aromatic nitrogens is 2. The van der Waals surface area contributed by atoms with Gasteiger partial charge >= 0.3 is 0 Å². The first-order valence-electron chi connectivity index (χ1n) is 7.96. The van der Waals surface area contributed by atoms with Gasteiger partial charge in [0.15, 0.2) is 0 Å². The molecule has 8 heteroatoms. The standard InChI is InChI=1S/C15H24N4O3S/c1-4-5-6-12-17-18-15(23-12)16-14(21)11-7-13(20)19(8-11)10(2)9-22-3/h10-11H,4-9H2,1-3H3,(H,16,18,21)/t10-,11+/m0/s1. The van der Waals surface area contributed by atoms with Crippen LogP contribution in [0.5, 0.6) is 0 Å². The van der Waals surface area contributed by atoms with Crippen molar-refractivity contribution in [1.29, 1.82) is 0 Å². The Bertz CT molecular complexity index is 549. The zero-order chi connectivity index (χ0) is 16.8. The number of anilines is 1. The summed E-state index contributed by atoms with van der Waals surface area (Å²) in [4.78, 5) is 26.1. The zero-order valence-electron chi connectivity index (χ0n) is 13.9. The topological polar surface area (TPSA) is 84.4 Å². The number of unbranched alkanes of at least 4 members (excludes halogenated alkanes) is 1. The van der Waals surface area contributed by atoms with E-state index in [1.165, 1.54) is 11.3 Å². The quantitative estimate of drug-likeness (QED) is 0.779. The Kier molecular flexibility index (Phi) is 6.47. The number of carbonyl (C=O) groups is 2. The molecule has 128 valence electrons. The smallest absolute Gasteiger partial charge is 0.231 e. The van der Waals surface area contributed by atoms with Crippen LogP contribution in [0.3, 0.4) is 0 Å². The predicted molar refractivity (Wildman–Crippen MR) is 88.3 cm³/mol. The molecule has 0 unspecified atom stereocenters. The minimum absolute atomic E-state index is 0.00408. The fourth-order valence-corrected chi connectivity index (χ4v) is 3.39. The van der Waals surface area contributed by atoms with E-state index in [0.717, 1.165) is 24.3 Å². The summed E-state index contributed by atoms with van der Waals surface area (Å²) in [6.45, 7) is 4.94. The molecule has 2 heterocycles. The van der Waals surface area contributed by atoms with Crippen LogP contribution in [0.2, 0.25) is 0 Å². The zero-order valence-corrected chi connectivity index (χ0v) is 14.7. The summed E-state index contributed by atoms with van der Waals surface area (Å²) < 4.78 is 5.08. The van der Waals surface area contributed by atoms with E-state index in [1.54, 1.807) is 12.0 Å². The van der Waals surface area contributed by atoms with E-state index in [2.05, 4.69) is 22.4 Å². The molecule has 1 fully saturated rings. The Morgan fingerprint density at radius 1 is 1.52 bits per heavy atom. The summed E-state index contributed by atoms with van der Waals surface area (Å²) in [5, 5.41) is 12.3. The molecule has 1 aliphatic rings. The van der Waals surface area contributed by atoms with Gasteiger partial charge in [0.2, 0.25) is 16.9 Å². The first-order valence-corrected chi connectivity index (χ1v) is 8.78. The molecule has 0 spiro atoms. The van der Waals surface area contributed by atoms with Gasteiger partial charge in [-0.05, 0) is 13.3 Å². The second-order valence-electron chi connectivity index (χ2n) is 5.85. The molecular weight excluding hydrogens is 316 g/mol. The maximum Gasteiger partial charge on any atom is 0.231 e. The molecule has 0 aromatic carbocycles. The lowest BCUT2D eigenvalue weighted by Crippen LogP contribution is -2.38. The molecule has 1 saturated heterocycles. The maximum absolute atomic E-state index is 12.3. The molecular formula is C15H24N4O3S. The van der Waals surface area contributed by atoms with Crippen molar-refractivity contribution in [2.45, 2.75) is 45.6 Å². The lowest BCUT2D eigenvalue weighted by Gasteiger charge is -2.23. The second kappa shape index (κ2) is 8.35. The van der Waals surface area contributed by atoms with Crippen molar-refractivity contribution in [1.82, 2.24) is 15.1 Å². The largest absolute Gasteiger partial charge is 0.383 e. The van der Waals surface area contributed by atoms with Crippen LogP contribution in [0.4, 0.5) is 5.13 Å². The van der Waals surface area contributed by atoms with Crippen LogP contribution in [0.25, 0.3) is 0 Å². The molecule has 1 aromatic rings. The molecule has 7 nitrogen and oxygen atoms in total. The lowest BCUT2D eigenvalue weighted by atomic mass is 10.1. The van der Waals surface area contributed by atoms with Crippen molar-refractivity contribution in [2.24, 2.45) is 5.92 Å². The van der Waals surface area contributed by atoms with Crippen molar-refractivity contribution in [3.63, 3.8) is 0 Å². The van der Waals surface area contributed by atoms with Gasteiger partial charge in [0, 0.05) is 26.5 Å². The van der Waals surface area contributed by atoms with Gasteiger partial charge in [-0.25, -0.2) is 0 Å². The summed E-state index contributed by atoms with van der Waals surface area (Å²) >= 11 is 1.40. The summed E-state index contributed by atoms with van der Waals surface area (Å²) in [5.41, 5.74) is 0. The van der Waals surface area contributed by atoms with Crippen LogP contribution in [0.15, 0.2) is 0 Å². The van der Waals surface area contributed by atoms with Gasteiger partial charge in [0.25, 0.3) is 0 Å². The second-order valence-corrected chi connectivity index (χ2v) is 6.91. The number of methoxy groups -OCH3 is 1. The normalized spacial score (nSPS) is 19.2. The van der Waals surface area contributed by atoms with Crippen LogP contribution < -0.4 is 5.32 Å². The number of nitrogens with one attached hydrogen (secondary N) is 1. The van der Waals surface area contributed by atoms with Crippen LogP contribution in [-0.4, -0.2) is 53.2 Å². The van der Waals surface area contributed by atoms with Gasteiger partial charge < -0.3 is 15.0 Å². The van der Waals surface area contributed by atoms with Crippen molar-refractivity contribution >= 4 is 28.3 Å². The van der Waals surface area contributed by atoms with Gasteiger partial charge in [0.05, 0.1) is 18.6 Å². The lowest BCUT2D eigenvalue weighted by molar-refractivity contribution is -0.130. The number of hydrogen-bond donors (Lipinski definition) is 1. The number of ether oxygens (including phenoxy) is 1. The molecule has 0 aliphatic carbocycles. The number of aryl methyl sites for hydroxylation is 1. The Hall–Kier alpha value is -1.54. The average Bonchev–Trinajstić information content (AvgIpc) is 3.12. The number of hydrogen-bond acceptors (Lipinski definition) is 6. The third kappa shape index (κ3) is 4.71. The van der Waals surface area contributed by atoms with E-state index >= 15 is 0 Å². The van der Waals surface area contributed by atoms with E-state index in [9.17, 15) is 9.59 Å². The molecule has 0 saturated carbocycles. The predicted octanol–water partition coefficient (Wildman–Crippen LogP) is 1.70. The Balaban J connectivity index is 1.89. The van der Waals surface area contributed by atoms with Gasteiger partial charge in [-0.2, -0.15) is 0 Å². The molecule has 1 aromatic heterocycles. The highest BCUT2D eigenvalue weighted by molar-refractivity contribution is 7.15. The third-order valence-electron chi connectivity index (χ3n) is 3.91. The molecule has 2 amide bonds. The van der Waals surface area contributed by atoms with E-state index in [-0.39, 0.29) is 30.2 Å². The van der Waals surface area contributed by atoms with Gasteiger partial charge in [-0.1, -0.05) is 24.7 Å². The third-order valence-corrected chi connectivity index (χ3v) is 4.81. The summed E-state index contributed by atoms with van der Waals surface area (Å²) in [7, 11) is 1.60. The van der Waals surface area contributed by atoms with Crippen molar-refractivity contribution in [2.75, 3.05) is 25.6 Å². The number of rotatable bonds is 8. The van der Waals surface area contributed by atoms with Crippen LogP contribution in [-0.2, 0) is 20.7 Å². The van der Waals surface area contributed by atoms with Gasteiger partial charge in [-0.15, -0.1) is 10.2 Å². The Labute approximate surface area is 140 Å². The Morgan fingerprint density at radius 3 is 3.00 bits per heavy atom. The average molecular weight is 340 g/mol. The molecule has 23 heavy (non-hydrogen) atoms. The number of nitrogens with zero attached hydrogens (tertiary/aromatic N) is 3. The van der Waals surface area contributed by atoms with E-state index in [0.29, 0.717) is 18.3 Å². The van der Waals surface area contributed by atoms with Crippen molar-refractivity contribution < 1.29 is 14.3 Å². The highest BCUT2D eigenvalue weighted by Gasteiger charge is 2.36. The van der Waals surface area contributed by atoms with E-state index in [1.807, 2.05) is 6.92 Å². The first-order chi connectivity index (χ1) is 11.0. The fraction of sp³-hybridized carbons (Fsp3) is 0.733. The molecule has 0 bridgehead atoms. The minimum atomic E-state index is -0.343. The van der Waals surface area contributed by atoms with Crippen LogP contribution in [0.1, 0.15) is 38.1 Å². The molecule has 2 rings (SSSR count). The summed E-state index contributed by atoms with van der Waals surface area (Å²) in [5.74, 6) is -0.510. The monoisotopic (exact) mass is 340 g/mol. The maximum atomic E-state index is 12.3. The van der Waals surface area contributed by atoms with Crippen LogP contribution >= 0.6 is 11.3 Å². The number of likely N-dealkylation sites (tertiary alicyclic amines) is 1. The highest BCUT2D eigenvalue weighted by Crippen LogP contribution is 2.23. The number of amides is 2. The Morgan fingerprint density at radius 2 is 2.30 bits per heavy atom. The van der Waals surface area contributed by atoms with E-state index < -0.39 is 0 Å².